The predicted octanol–water partition coefficient (Wildman–Crippen LogP) is 4.62. The molecule has 100 valence electrons. The van der Waals surface area contributed by atoms with Crippen LogP contribution in [0.4, 0.5) is 5.82 Å². The van der Waals surface area contributed by atoms with E-state index in [2.05, 4.69) is 42.2 Å². The Labute approximate surface area is 129 Å². The molecule has 0 radical (unpaired) electrons. The third-order valence-electron chi connectivity index (χ3n) is 2.53. The molecule has 0 unspecified atom stereocenters. The lowest BCUT2D eigenvalue weighted by atomic mass is 10.2. The lowest BCUT2D eigenvalue weighted by Gasteiger charge is -2.12. The van der Waals surface area contributed by atoms with Gasteiger partial charge in [0.15, 0.2) is 0 Å². The maximum absolute atomic E-state index is 5.87. The lowest BCUT2D eigenvalue weighted by Crippen LogP contribution is -2.06. The Balaban J connectivity index is 2.15. The van der Waals surface area contributed by atoms with Gasteiger partial charge in [-0.25, -0.2) is 4.98 Å². The first kappa shape index (κ1) is 14.3. The van der Waals surface area contributed by atoms with Crippen LogP contribution in [-0.2, 0) is 6.61 Å². The van der Waals surface area contributed by atoms with Crippen molar-refractivity contribution < 1.29 is 4.74 Å². The summed E-state index contributed by atoms with van der Waals surface area (Å²) in [6.45, 7) is 3.35. The van der Waals surface area contributed by atoms with Crippen LogP contribution in [0.3, 0.4) is 0 Å². The Bertz CT molecular complexity index is 541. The van der Waals surface area contributed by atoms with Crippen LogP contribution in [0, 0.1) is 0 Å². The number of pyridine rings is 1. The summed E-state index contributed by atoms with van der Waals surface area (Å²) in [5.41, 5.74) is 1.03. The van der Waals surface area contributed by atoms with Crippen LogP contribution in [-0.4, -0.2) is 11.5 Å². The van der Waals surface area contributed by atoms with E-state index in [1.165, 1.54) is 0 Å². The molecule has 1 aromatic carbocycles. The van der Waals surface area contributed by atoms with Gasteiger partial charge in [-0.05, 0) is 57.0 Å². The fraction of sp³-hybridized carbons (Fsp3) is 0.214. The van der Waals surface area contributed by atoms with Gasteiger partial charge in [-0.1, -0.05) is 12.1 Å². The number of nitrogens with zero attached hydrogens (tertiary/aromatic N) is 1. The number of para-hydroxylation sites is 1. The van der Waals surface area contributed by atoms with Gasteiger partial charge in [0.25, 0.3) is 0 Å². The first-order valence-corrected chi connectivity index (χ1v) is 7.55. The minimum atomic E-state index is 0.470. The van der Waals surface area contributed by atoms with Gasteiger partial charge in [-0.15, -0.1) is 0 Å². The van der Waals surface area contributed by atoms with Gasteiger partial charge in [0.2, 0.25) is 0 Å². The molecule has 0 spiro atoms. The number of aromatic nitrogens is 1. The number of halogens is 2. The number of nitrogens with one attached hydrogen (secondary N) is 1. The molecule has 0 saturated carbocycles. The van der Waals surface area contributed by atoms with Crippen LogP contribution in [0.15, 0.2) is 45.5 Å². The zero-order chi connectivity index (χ0) is 13.7. The number of hydrogen-bond donors (Lipinski definition) is 1. The summed E-state index contributed by atoms with van der Waals surface area (Å²) >= 11 is 6.97. The molecule has 19 heavy (non-hydrogen) atoms. The molecular formula is C14H14Br2N2O. The number of ether oxygens (including phenoxy) is 1. The molecule has 1 aromatic heterocycles. The van der Waals surface area contributed by atoms with Gasteiger partial charge >= 0.3 is 0 Å². The number of benzene rings is 1. The van der Waals surface area contributed by atoms with Gasteiger partial charge < -0.3 is 10.1 Å². The van der Waals surface area contributed by atoms with Crippen molar-refractivity contribution >= 4 is 37.7 Å². The third-order valence-corrected chi connectivity index (χ3v) is 3.78. The van der Waals surface area contributed by atoms with E-state index in [-0.39, 0.29) is 0 Å². The van der Waals surface area contributed by atoms with E-state index in [0.29, 0.717) is 6.61 Å². The molecule has 0 aliphatic carbocycles. The highest BCUT2D eigenvalue weighted by atomic mass is 79.9. The molecule has 1 N–H and O–H groups in total. The van der Waals surface area contributed by atoms with Crippen LogP contribution in [0.25, 0.3) is 0 Å². The fourth-order valence-electron chi connectivity index (χ4n) is 1.65. The van der Waals surface area contributed by atoms with E-state index < -0.39 is 0 Å². The molecule has 0 aliphatic rings. The molecule has 5 heteroatoms. The van der Waals surface area contributed by atoms with E-state index in [0.717, 1.165) is 32.6 Å². The zero-order valence-electron chi connectivity index (χ0n) is 10.5. The summed E-state index contributed by atoms with van der Waals surface area (Å²) in [7, 11) is 0. The van der Waals surface area contributed by atoms with Crippen molar-refractivity contribution in [3.63, 3.8) is 0 Å². The summed E-state index contributed by atoms with van der Waals surface area (Å²) < 4.78 is 7.72. The predicted molar refractivity (Wildman–Crippen MR) is 84.6 cm³/mol. The quantitative estimate of drug-likeness (QED) is 0.815. The van der Waals surface area contributed by atoms with Crippen LogP contribution < -0.4 is 10.1 Å². The number of anilines is 1. The van der Waals surface area contributed by atoms with Gasteiger partial charge in [0.05, 0.1) is 8.95 Å². The Hall–Kier alpha value is -1.07. The van der Waals surface area contributed by atoms with Gasteiger partial charge in [0, 0.05) is 18.3 Å². The monoisotopic (exact) mass is 384 g/mol. The molecule has 0 bridgehead atoms. The second-order valence-electron chi connectivity index (χ2n) is 3.88. The van der Waals surface area contributed by atoms with E-state index in [4.69, 9.17) is 4.74 Å². The van der Waals surface area contributed by atoms with Crippen molar-refractivity contribution in [2.75, 3.05) is 11.9 Å². The van der Waals surface area contributed by atoms with Crippen molar-refractivity contribution in [2.45, 2.75) is 13.5 Å². The van der Waals surface area contributed by atoms with E-state index >= 15 is 0 Å². The fourth-order valence-corrected chi connectivity index (χ4v) is 2.88. The highest BCUT2D eigenvalue weighted by molar-refractivity contribution is 9.11. The molecule has 0 amide bonds. The van der Waals surface area contributed by atoms with Crippen LogP contribution in [0.5, 0.6) is 5.75 Å². The summed E-state index contributed by atoms with van der Waals surface area (Å²) in [6.07, 6.45) is 1.77. The van der Waals surface area contributed by atoms with Gasteiger partial charge in [-0.3, -0.25) is 0 Å². The molecule has 0 aliphatic heterocycles. The topological polar surface area (TPSA) is 34.2 Å². The number of rotatable bonds is 5. The van der Waals surface area contributed by atoms with E-state index in [1.54, 1.807) is 6.20 Å². The SMILES string of the molecule is CCNc1ncccc1COc1c(Br)cccc1Br. The highest BCUT2D eigenvalue weighted by Gasteiger charge is 2.08. The summed E-state index contributed by atoms with van der Waals surface area (Å²) in [5, 5.41) is 3.23. The first-order valence-electron chi connectivity index (χ1n) is 5.97. The average Bonchev–Trinajstić information content (AvgIpc) is 2.40. The third kappa shape index (κ3) is 3.70. The van der Waals surface area contributed by atoms with Gasteiger partial charge in [0.1, 0.15) is 18.2 Å². The Kier molecular flexibility index (Phi) is 5.22. The molecule has 0 fully saturated rings. The summed E-state index contributed by atoms with van der Waals surface area (Å²) in [5.74, 6) is 1.67. The van der Waals surface area contributed by atoms with Crippen LogP contribution in [0.1, 0.15) is 12.5 Å². The maximum Gasteiger partial charge on any atom is 0.148 e. The highest BCUT2D eigenvalue weighted by Crippen LogP contribution is 2.33. The van der Waals surface area contributed by atoms with Crippen molar-refractivity contribution in [3.8, 4) is 5.75 Å². The van der Waals surface area contributed by atoms with E-state index in [9.17, 15) is 0 Å². The molecular weight excluding hydrogens is 372 g/mol. The lowest BCUT2D eigenvalue weighted by molar-refractivity contribution is 0.302. The molecule has 3 nitrogen and oxygen atoms in total. The maximum atomic E-state index is 5.87. The molecule has 1 heterocycles. The average molecular weight is 386 g/mol. The van der Waals surface area contributed by atoms with Crippen molar-refractivity contribution in [3.05, 3.63) is 51.0 Å². The Morgan fingerprint density at radius 1 is 1.16 bits per heavy atom. The second-order valence-corrected chi connectivity index (χ2v) is 5.59. The van der Waals surface area contributed by atoms with Crippen LogP contribution in [0.2, 0.25) is 0 Å². The zero-order valence-corrected chi connectivity index (χ0v) is 13.7. The largest absolute Gasteiger partial charge is 0.486 e. The van der Waals surface area contributed by atoms with Crippen molar-refractivity contribution in [1.29, 1.82) is 0 Å². The molecule has 0 saturated heterocycles. The van der Waals surface area contributed by atoms with Crippen molar-refractivity contribution in [2.24, 2.45) is 0 Å². The van der Waals surface area contributed by atoms with Crippen molar-refractivity contribution in [1.82, 2.24) is 4.98 Å². The Morgan fingerprint density at radius 2 is 1.89 bits per heavy atom. The molecule has 2 aromatic rings. The smallest absolute Gasteiger partial charge is 0.148 e. The number of hydrogen-bond acceptors (Lipinski definition) is 3. The summed E-state index contributed by atoms with van der Waals surface area (Å²) in [6, 6.07) is 9.78. The Morgan fingerprint density at radius 3 is 2.58 bits per heavy atom. The van der Waals surface area contributed by atoms with Gasteiger partial charge in [-0.2, -0.15) is 0 Å². The standard InChI is InChI=1S/C14H14Br2N2O/c1-2-17-14-10(5-4-8-18-14)9-19-13-11(15)6-3-7-12(13)16/h3-8H,2,9H2,1H3,(H,17,18). The molecule has 0 atom stereocenters. The van der Waals surface area contributed by atoms with Crippen LogP contribution >= 0.6 is 31.9 Å². The van der Waals surface area contributed by atoms with E-state index in [1.807, 2.05) is 37.3 Å². The second kappa shape index (κ2) is 6.91. The minimum Gasteiger partial charge on any atom is -0.486 e. The first-order chi connectivity index (χ1) is 9.22. The normalized spacial score (nSPS) is 10.3. The molecule has 2 rings (SSSR count). The minimum absolute atomic E-state index is 0.470. The summed E-state index contributed by atoms with van der Waals surface area (Å²) in [4.78, 5) is 4.31.